The van der Waals surface area contributed by atoms with Gasteiger partial charge >= 0.3 is 0 Å². The van der Waals surface area contributed by atoms with E-state index in [0.29, 0.717) is 0 Å². The molecule has 3 heteroatoms. The maximum absolute atomic E-state index is 6.52. The van der Waals surface area contributed by atoms with Crippen LogP contribution < -0.4 is 10.5 Å². The van der Waals surface area contributed by atoms with Crippen molar-refractivity contribution < 1.29 is 9.15 Å². The Morgan fingerprint density at radius 2 is 1.94 bits per heavy atom. The van der Waals surface area contributed by atoms with Crippen LogP contribution in [0.4, 0.5) is 0 Å². The topological polar surface area (TPSA) is 48.4 Å². The molecule has 0 spiro atoms. The largest absolute Gasteiger partial charge is 0.493 e. The summed E-state index contributed by atoms with van der Waals surface area (Å²) in [4.78, 5) is 0. The fraction of sp³-hybridized carbons (Fsp3) is 0.467. The molecule has 1 aromatic heterocycles. The fourth-order valence-corrected chi connectivity index (χ4v) is 2.98. The fourth-order valence-electron chi connectivity index (χ4n) is 2.98. The van der Waals surface area contributed by atoms with Crippen LogP contribution in [0.15, 0.2) is 22.6 Å². The van der Waals surface area contributed by atoms with Gasteiger partial charge in [-0.25, -0.2) is 0 Å². The van der Waals surface area contributed by atoms with Crippen molar-refractivity contribution in [3.05, 3.63) is 29.5 Å². The van der Waals surface area contributed by atoms with Crippen LogP contribution in [0.25, 0.3) is 11.0 Å². The van der Waals surface area contributed by atoms with Crippen molar-refractivity contribution in [2.75, 3.05) is 7.11 Å². The van der Waals surface area contributed by atoms with E-state index in [0.717, 1.165) is 35.3 Å². The number of ether oxygens (including phenoxy) is 1. The molecule has 3 rings (SSSR count). The van der Waals surface area contributed by atoms with Crippen molar-refractivity contribution in [1.29, 1.82) is 0 Å². The Morgan fingerprint density at radius 3 is 2.61 bits per heavy atom. The van der Waals surface area contributed by atoms with E-state index in [1.54, 1.807) is 7.11 Å². The van der Waals surface area contributed by atoms with Crippen LogP contribution in [0, 0.1) is 6.92 Å². The van der Waals surface area contributed by atoms with Crippen molar-refractivity contribution in [2.45, 2.75) is 38.1 Å². The smallest absolute Gasteiger partial charge is 0.176 e. The summed E-state index contributed by atoms with van der Waals surface area (Å²) in [5, 5.41) is 1.08. The molecule has 96 valence electrons. The number of hydrogen-bond donors (Lipinski definition) is 1. The SMILES string of the molecule is COc1cc(C2(N)CCCC2)cc2cc(C)oc12. The standard InChI is InChI=1S/C15H19NO2/c1-10-7-11-8-12(15(16)5-3-4-6-15)9-13(17-2)14(11)18-10/h7-9H,3-6,16H2,1-2H3. The second-order valence-corrected chi connectivity index (χ2v) is 5.32. The first-order valence-corrected chi connectivity index (χ1v) is 6.50. The van der Waals surface area contributed by atoms with Crippen LogP contribution in [-0.2, 0) is 5.54 Å². The number of fused-ring (bicyclic) bond motifs is 1. The highest BCUT2D eigenvalue weighted by atomic mass is 16.5. The van der Waals surface area contributed by atoms with E-state index in [4.69, 9.17) is 14.9 Å². The lowest BCUT2D eigenvalue weighted by atomic mass is 9.88. The van der Waals surface area contributed by atoms with Crippen LogP contribution in [0.2, 0.25) is 0 Å². The minimum absolute atomic E-state index is 0.188. The zero-order valence-corrected chi connectivity index (χ0v) is 11.0. The van der Waals surface area contributed by atoms with Gasteiger partial charge in [-0.05, 0) is 43.5 Å². The second kappa shape index (κ2) is 4.02. The Labute approximate surface area is 107 Å². The van der Waals surface area contributed by atoms with Gasteiger partial charge in [-0.1, -0.05) is 12.8 Å². The minimum Gasteiger partial charge on any atom is -0.493 e. The van der Waals surface area contributed by atoms with E-state index in [9.17, 15) is 0 Å². The molecule has 0 saturated heterocycles. The summed E-state index contributed by atoms with van der Waals surface area (Å²) < 4.78 is 11.1. The number of aryl methyl sites for hydroxylation is 1. The normalized spacial score (nSPS) is 18.4. The molecular formula is C15H19NO2. The molecule has 1 aromatic carbocycles. The molecule has 0 aliphatic heterocycles. The van der Waals surface area contributed by atoms with Gasteiger partial charge in [-0.2, -0.15) is 0 Å². The number of methoxy groups -OCH3 is 1. The summed E-state index contributed by atoms with van der Waals surface area (Å²) in [6, 6.07) is 6.23. The zero-order chi connectivity index (χ0) is 12.8. The summed E-state index contributed by atoms with van der Waals surface area (Å²) in [7, 11) is 1.67. The molecule has 2 aromatic rings. The minimum atomic E-state index is -0.188. The molecule has 0 bridgehead atoms. The highest BCUT2D eigenvalue weighted by Crippen LogP contribution is 2.40. The summed E-state index contributed by atoms with van der Waals surface area (Å²) in [6.45, 7) is 1.95. The van der Waals surface area contributed by atoms with Gasteiger partial charge in [0.25, 0.3) is 0 Å². The number of hydrogen-bond acceptors (Lipinski definition) is 3. The molecule has 1 saturated carbocycles. The number of benzene rings is 1. The third-order valence-electron chi connectivity index (χ3n) is 4.00. The van der Waals surface area contributed by atoms with Crippen molar-refractivity contribution in [3.63, 3.8) is 0 Å². The first-order valence-electron chi connectivity index (χ1n) is 6.50. The Bertz CT molecular complexity index is 579. The molecule has 1 heterocycles. The quantitative estimate of drug-likeness (QED) is 0.881. The summed E-state index contributed by atoms with van der Waals surface area (Å²) in [5.41, 5.74) is 8.32. The first kappa shape index (κ1) is 11.6. The van der Waals surface area contributed by atoms with Gasteiger partial charge in [-0.3, -0.25) is 0 Å². The third kappa shape index (κ3) is 1.70. The Kier molecular flexibility index (Phi) is 2.59. The van der Waals surface area contributed by atoms with Crippen molar-refractivity contribution in [2.24, 2.45) is 5.73 Å². The lowest BCUT2D eigenvalue weighted by Gasteiger charge is -2.24. The lowest BCUT2D eigenvalue weighted by Crippen LogP contribution is -2.32. The molecule has 3 nitrogen and oxygen atoms in total. The number of rotatable bonds is 2. The van der Waals surface area contributed by atoms with Crippen LogP contribution in [-0.4, -0.2) is 7.11 Å². The monoisotopic (exact) mass is 245 g/mol. The molecule has 2 N–H and O–H groups in total. The van der Waals surface area contributed by atoms with E-state index in [1.807, 2.05) is 19.1 Å². The van der Waals surface area contributed by atoms with Gasteiger partial charge in [0.05, 0.1) is 7.11 Å². The van der Waals surface area contributed by atoms with E-state index < -0.39 is 0 Å². The molecule has 0 unspecified atom stereocenters. The predicted octanol–water partition coefficient (Wildman–Crippen LogP) is 3.48. The molecule has 0 atom stereocenters. The highest BCUT2D eigenvalue weighted by Gasteiger charge is 2.32. The van der Waals surface area contributed by atoms with Crippen LogP contribution >= 0.6 is 0 Å². The summed E-state index contributed by atoms with van der Waals surface area (Å²) in [6.07, 6.45) is 4.53. The van der Waals surface area contributed by atoms with Gasteiger partial charge in [-0.15, -0.1) is 0 Å². The zero-order valence-electron chi connectivity index (χ0n) is 11.0. The van der Waals surface area contributed by atoms with Gasteiger partial charge in [0.15, 0.2) is 11.3 Å². The average molecular weight is 245 g/mol. The van der Waals surface area contributed by atoms with Crippen molar-refractivity contribution in [3.8, 4) is 5.75 Å². The third-order valence-corrected chi connectivity index (χ3v) is 4.00. The van der Waals surface area contributed by atoms with Crippen LogP contribution in [0.1, 0.15) is 37.0 Å². The maximum Gasteiger partial charge on any atom is 0.176 e. The second-order valence-electron chi connectivity index (χ2n) is 5.32. The van der Waals surface area contributed by atoms with Gasteiger partial charge in [0.2, 0.25) is 0 Å². The van der Waals surface area contributed by atoms with Crippen LogP contribution in [0.3, 0.4) is 0 Å². The number of nitrogens with two attached hydrogens (primary N) is 1. The first-order chi connectivity index (χ1) is 8.62. The molecule has 1 fully saturated rings. The van der Waals surface area contributed by atoms with Crippen molar-refractivity contribution in [1.82, 2.24) is 0 Å². The molecule has 0 amide bonds. The van der Waals surface area contributed by atoms with Gasteiger partial charge in [0.1, 0.15) is 5.76 Å². The van der Waals surface area contributed by atoms with E-state index >= 15 is 0 Å². The Hall–Kier alpha value is -1.48. The van der Waals surface area contributed by atoms with Crippen LogP contribution in [0.5, 0.6) is 5.75 Å². The maximum atomic E-state index is 6.52. The molecule has 18 heavy (non-hydrogen) atoms. The van der Waals surface area contributed by atoms with E-state index in [1.165, 1.54) is 18.4 Å². The van der Waals surface area contributed by atoms with Gasteiger partial charge in [0, 0.05) is 10.9 Å². The summed E-state index contributed by atoms with van der Waals surface area (Å²) >= 11 is 0. The Balaban J connectivity index is 2.18. The summed E-state index contributed by atoms with van der Waals surface area (Å²) in [5.74, 6) is 1.69. The average Bonchev–Trinajstić information content (AvgIpc) is 2.93. The molecule has 1 aliphatic carbocycles. The predicted molar refractivity (Wildman–Crippen MR) is 71.8 cm³/mol. The van der Waals surface area contributed by atoms with Gasteiger partial charge < -0.3 is 14.9 Å². The lowest BCUT2D eigenvalue weighted by molar-refractivity contribution is 0.403. The van der Waals surface area contributed by atoms with Crippen molar-refractivity contribution >= 4 is 11.0 Å². The number of furan rings is 1. The van der Waals surface area contributed by atoms with E-state index in [2.05, 4.69) is 6.07 Å². The Morgan fingerprint density at radius 1 is 1.22 bits per heavy atom. The molecule has 1 aliphatic rings. The highest BCUT2D eigenvalue weighted by molar-refractivity contribution is 5.85. The molecule has 0 radical (unpaired) electrons. The molecular weight excluding hydrogens is 226 g/mol. The van der Waals surface area contributed by atoms with E-state index in [-0.39, 0.29) is 5.54 Å².